The molecular formula is C22H18N4O2. The molecule has 0 amide bonds. The van der Waals surface area contributed by atoms with Crippen LogP contribution in [-0.2, 0) is 14.1 Å². The molecule has 0 fully saturated rings. The maximum absolute atomic E-state index is 13.0. The van der Waals surface area contributed by atoms with Gasteiger partial charge in [0.2, 0.25) is 0 Å². The summed E-state index contributed by atoms with van der Waals surface area (Å²) in [7, 11) is 3.13. The summed E-state index contributed by atoms with van der Waals surface area (Å²) in [4.78, 5) is 25.4. The summed E-state index contributed by atoms with van der Waals surface area (Å²) >= 11 is 0. The van der Waals surface area contributed by atoms with Crippen molar-refractivity contribution >= 4 is 10.9 Å². The molecular weight excluding hydrogens is 352 g/mol. The molecule has 0 saturated carbocycles. The van der Waals surface area contributed by atoms with Crippen LogP contribution in [0.2, 0.25) is 0 Å². The molecule has 6 heteroatoms. The van der Waals surface area contributed by atoms with Gasteiger partial charge in [-0.3, -0.25) is 13.9 Å². The molecule has 138 valence electrons. The normalized spacial score (nSPS) is 10.9. The van der Waals surface area contributed by atoms with Crippen LogP contribution in [0.3, 0.4) is 0 Å². The Morgan fingerprint density at radius 2 is 1.68 bits per heavy atom. The summed E-state index contributed by atoms with van der Waals surface area (Å²) < 4.78 is 4.46. The minimum Gasteiger partial charge on any atom is -0.314 e. The lowest BCUT2D eigenvalue weighted by Gasteiger charge is -2.11. The van der Waals surface area contributed by atoms with E-state index in [9.17, 15) is 14.9 Å². The van der Waals surface area contributed by atoms with Crippen molar-refractivity contribution in [3.05, 3.63) is 86.7 Å². The number of nitrogens with zero attached hydrogens (tertiary/aromatic N) is 4. The van der Waals surface area contributed by atoms with E-state index in [1.807, 2.05) is 41.8 Å². The number of rotatable bonds is 2. The van der Waals surface area contributed by atoms with E-state index in [0.29, 0.717) is 22.2 Å². The van der Waals surface area contributed by atoms with Crippen LogP contribution < -0.4 is 11.2 Å². The van der Waals surface area contributed by atoms with Gasteiger partial charge in [0.1, 0.15) is 0 Å². The van der Waals surface area contributed by atoms with Crippen molar-refractivity contribution in [2.24, 2.45) is 14.1 Å². The second-order valence-corrected chi connectivity index (χ2v) is 6.84. The van der Waals surface area contributed by atoms with E-state index in [-0.39, 0.29) is 11.2 Å². The minimum absolute atomic E-state index is 0.344. The third-order valence-corrected chi connectivity index (χ3v) is 5.02. The lowest BCUT2D eigenvalue weighted by molar-refractivity contribution is 0.714. The monoisotopic (exact) mass is 370 g/mol. The van der Waals surface area contributed by atoms with Crippen molar-refractivity contribution in [1.29, 1.82) is 5.26 Å². The van der Waals surface area contributed by atoms with Gasteiger partial charge in [-0.05, 0) is 30.7 Å². The molecule has 0 N–H and O–H groups in total. The first-order chi connectivity index (χ1) is 13.4. The quantitative estimate of drug-likeness (QED) is 0.545. The first-order valence-electron chi connectivity index (χ1n) is 8.81. The number of fused-ring (bicyclic) bond motifs is 1. The van der Waals surface area contributed by atoms with Crippen molar-refractivity contribution in [3.63, 3.8) is 0 Å². The lowest BCUT2D eigenvalue weighted by Crippen LogP contribution is -2.36. The second kappa shape index (κ2) is 6.39. The molecule has 4 rings (SSSR count). The Morgan fingerprint density at radius 3 is 2.36 bits per heavy atom. The third kappa shape index (κ3) is 2.57. The number of nitriles is 1. The molecule has 2 aromatic carbocycles. The van der Waals surface area contributed by atoms with Crippen LogP contribution in [0, 0.1) is 18.3 Å². The number of aryl methyl sites for hydroxylation is 2. The number of hydrogen-bond donors (Lipinski definition) is 0. The molecule has 0 spiro atoms. The van der Waals surface area contributed by atoms with E-state index in [2.05, 4.69) is 6.07 Å². The maximum atomic E-state index is 13.0. The summed E-state index contributed by atoms with van der Waals surface area (Å²) in [5.41, 5.74) is 3.76. The van der Waals surface area contributed by atoms with Crippen LogP contribution in [0.4, 0.5) is 0 Å². The molecule has 0 aliphatic heterocycles. The van der Waals surface area contributed by atoms with Crippen LogP contribution >= 0.6 is 0 Å². The molecule has 0 aliphatic carbocycles. The zero-order valence-electron chi connectivity index (χ0n) is 15.8. The highest BCUT2D eigenvalue weighted by Gasteiger charge is 2.20. The van der Waals surface area contributed by atoms with Gasteiger partial charge in [0.25, 0.3) is 5.56 Å². The van der Waals surface area contributed by atoms with Gasteiger partial charge in [0, 0.05) is 26.0 Å². The average molecular weight is 370 g/mol. The Kier molecular flexibility index (Phi) is 4.01. The predicted octanol–water partition coefficient (Wildman–Crippen LogP) is 2.88. The predicted molar refractivity (Wildman–Crippen MR) is 109 cm³/mol. The summed E-state index contributed by atoms with van der Waals surface area (Å²) in [5.74, 6) is 0. The van der Waals surface area contributed by atoms with Gasteiger partial charge < -0.3 is 4.57 Å². The molecule has 0 bridgehead atoms. The third-order valence-electron chi connectivity index (χ3n) is 5.02. The standard InChI is InChI=1S/C22H18N4O2/c1-14-7-9-16(10-8-14)20-19-18(24(2)22(28)25(3)21(19)27)13-26(20)17-6-4-5-15(11-17)12-23/h4-11,13H,1-3H3. The van der Waals surface area contributed by atoms with Crippen molar-refractivity contribution in [2.45, 2.75) is 6.92 Å². The fourth-order valence-electron chi connectivity index (χ4n) is 3.46. The molecule has 0 saturated heterocycles. The molecule has 0 atom stereocenters. The Hall–Kier alpha value is -3.85. The van der Waals surface area contributed by atoms with E-state index >= 15 is 0 Å². The Bertz CT molecular complexity index is 1380. The molecule has 0 radical (unpaired) electrons. The van der Waals surface area contributed by atoms with Crippen molar-refractivity contribution < 1.29 is 0 Å². The molecule has 0 unspecified atom stereocenters. The van der Waals surface area contributed by atoms with Crippen molar-refractivity contribution in [1.82, 2.24) is 13.7 Å². The smallest absolute Gasteiger partial charge is 0.314 e. The Labute approximate surface area is 161 Å². The fraction of sp³-hybridized carbons (Fsp3) is 0.136. The van der Waals surface area contributed by atoms with Gasteiger partial charge in [-0.25, -0.2) is 4.79 Å². The average Bonchev–Trinajstić information content (AvgIpc) is 3.12. The van der Waals surface area contributed by atoms with Crippen molar-refractivity contribution in [2.75, 3.05) is 0 Å². The van der Waals surface area contributed by atoms with E-state index in [0.717, 1.165) is 21.4 Å². The lowest BCUT2D eigenvalue weighted by atomic mass is 10.1. The van der Waals surface area contributed by atoms with Gasteiger partial charge in [0.05, 0.1) is 28.2 Å². The maximum Gasteiger partial charge on any atom is 0.330 e. The van der Waals surface area contributed by atoms with Gasteiger partial charge >= 0.3 is 5.69 Å². The summed E-state index contributed by atoms with van der Waals surface area (Å²) in [6.45, 7) is 2.00. The largest absolute Gasteiger partial charge is 0.330 e. The van der Waals surface area contributed by atoms with Crippen LogP contribution in [0.5, 0.6) is 0 Å². The SMILES string of the molecule is Cc1ccc(-c2c3c(=O)n(C)c(=O)n(C)c3cn2-c2cccc(C#N)c2)cc1. The van der Waals surface area contributed by atoms with Gasteiger partial charge in [-0.1, -0.05) is 35.9 Å². The highest BCUT2D eigenvalue weighted by Crippen LogP contribution is 2.31. The number of hydrogen-bond acceptors (Lipinski definition) is 3. The Balaban J connectivity index is 2.20. The second-order valence-electron chi connectivity index (χ2n) is 6.84. The topological polar surface area (TPSA) is 72.7 Å². The molecule has 28 heavy (non-hydrogen) atoms. The van der Waals surface area contributed by atoms with E-state index < -0.39 is 0 Å². The number of benzene rings is 2. The molecule has 2 heterocycles. The number of aromatic nitrogens is 3. The van der Waals surface area contributed by atoms with Crippen LogP contribution in [-0.4, -0.2) is 13.7 Å². The van der Waals surface area contributed by atoms with Gasteiger partial charge in [-0.15, -0.1) is 0 Å². The first-order valence-corrected chi connectivity index (χ1v) is 8.81. The zero-order chi connectivity index (χ0) is 20.0. The van der Waals surface area contributed by atoms with E-state index in [1.165, 1.54) is 11.6 Å². The molecule has 0 aliphatic rings. The zero-order valence-corrected chi connectivity index (χ0v) is 15.8. The highest BCUT2D eigenvalue weighted by molar-refractivity contribution is 5.94. The summed E-state index contributed by atoms with van der Waals surface area (Å²) in [6.07, 6.45) is 1.78. The summed E-state index contributed by atoms with van der Waals surface area (Å²) in [5, 5.41) is 9.74. The van der Waals surface area contributed by atoms with Crippen LogP contribution in [0.15, 0.2) is 64.3 Å². The van der Waals surface area contributed by atoms with Crippen LogP contribution in [0.25, 0.3) is 27.8 Å². The first kappa shape index (κ1) is 17.6. The summed E-state index contributed by atoms with van der Waals surface area (Å²) in [6, 6.07) is 17.2. The van der Waals surface area contributed by atoms with Gasteiger partial charge in [-0.2, -0.15) is 5.26 Å². The molecule has 4 aromatic rings. The van der Waals surface area contributed by atoms with E-state index in [4.69, 9.17) is 0 Å². The fourth-order valence-corrected chi connectivity index (χ4v) is 3.46. The minimum atomic E-state index is -0.379. The van der Waals surface area contributed by atoms with Gasteiger partial charge in [0.15, 0.2) is 0 Å². The Morgan fingerprint density at radius 1 is 0.964 bits per heavy atom. The van der Waals surface area contributed by atoms with Crippen molar-refractivity contribution in [3.8, 4) is 23.0 Å². The highest BCUT2D eigenvalue weighted by atomic mass is 16.2. The van der Waals surface area contributed by atoms with Crippen LogP contribution in [0.1, 0.15) is 11.1 Å². The molecule has 2 aromatic heterocycles. The van der Waals surface area contributed by atoms with E-state index in [1.54, 1.807) is 31.4 Å². The molecule has 6 nitrogen and oxygen atoms in total.